The predicted molar refractivity (Wildman–Crippen MR) is 84.6 cm³/mol. The Morgan fingerprint density at radius 3 is 2.36 bits per heavy atom. The van der Waals surface area contributed by atoms with E-state index in [0.29, 0.717) is 17.9 Å². The number of hydrogen-bond acceptors (Lipinski definition) is 4. The molecule has 6 nitrogen and oxygen atoms in total. The highest BCUT2D eigenvalue weighted by Gasteiger charge is 2.38. The Kier molecular flexibility index (Phi) is 4.30. The standard InChI is InChI=1S/C16H22N4O2/c1-10(2)6-7-12-13(21)20(15(22)19-12)11-8-17-14(18-9-11)16(3,4)5/h6,8-9,12H,7H2,1-5H3,(H,19,22). The zero-order valence-corrected chi connectivity index (χ0v) is 13.7. The molecule has 3 amide bonds. The zero-order chi connectivity index (χ0) is 16.5. The second-order valence-corrected chi connectivity index (χ2v) is 6.71. The van der Waals surface area contributed by atoms with E-state index in [1.165, 1.54) is 12.4 Å². The van der Waals surface area contributed by atoms with Crippen molar-refractivity contribution in [2.45, 2.75) is 52.5 Å². The van der Waals surface area contributed by atoms with Gasteiger partial charge in [-0.2, -0.15) is 0 Å². The average Bonchev–Trinajstić information content (AvgIpc) is 2.70. The minimum absolute atomic E-state index is 0.179. The zero-order valence-electron chi connectivity index (χ0n) is 13.7. The van der Waals surface area contributed by atoms with Crippen LogP contribution in [-0.4, -0.2) is 27.9 Å². The highest BCUT2D eigenvalue weighted by Crippen LogP contribution is 2.22. The number of carbonyl (C=O) groups is 2. The van der Waals surface area contributed by atoms with Crippen LogP contribution >= 0.6 is 0 Å². The number of carbonyl (C=O) groups excluding carboxylic acids is 2. The summed E-state index contributed by atoms with van der Waals surface area (Å²) in [4.78, 5) is 34.0. The molecule has 1 aliphatic rings. The van der Waals surface area contributed by atoms with Gasteiger partial charge in [-0.05, 0) is 20.3 Å². The van der Waals surface area contributed by atoms with Gasteiger partial charge in [-0.25, -0.2) is 19.7 Å². The number of amides is 3. The molecule has 1 aliphatic heterocycles. The van der Waals surface area contributed by atoms with E-state index < -0.39 is 12.1 Å². The minimum Gasteiger partial charge on any atom is -0.325 e. The van der Waals surface area contributed by atoms with Gasteiger partial charge in [-0.1, -0.05) is 32.4 Å². The summed E-state index contributed by atoms with van der Waals surface area (Å²) in [7, 11) is 0. The Morgan fingerprint density at radius 2 is 1.86 bits per heavy atom. The maximum absolute atomic E-state index is 12.4. The highest BCUT2D eigenvalue weighted by molar-refractivity contribution is 6.21. The molecule has 1 aromatic rings. The van der Waals surface area contributed by atoms with Crippen molar-refractivity contribution in [2.24, 2.45) is 0 Å². The molecular formula is C16H22N4O2. The van der Waals surface area contributed by atoms with Gasteiger partial charge in [0.25, 0.3) is 5.91 Å². The van der Waals surface area contributed by atoms with Crippen molar-refractivity contribution in [1.82, 2.24) is 15.3 Å². The van der Waals surface area contributed by atoms with Crippen LogP contribution in [0.3, 0.4) is 0 Å². The van der Waals surface area contributed by atoms with Crippen LogP contribution in [0, 0.1) is 0 Å². The second-order valence-electron chi connectivity index (χ2n) is 6.71. The molecule has 0 aliphatic carbocycles. The molecule has 118 valence electrons. The first-order valence-corrected chi connectivity index (χ1v) is 7.30. The van der Waals surface area contributed by atoms with Crippen LogP contribution in [0.1, 0.15) is 46.9 Å². The number of anilines is 1. The summed E-state index contributed by atoms with van der Waals surface area (Å²) >= 11 is 0. The Balaban J connectivity index is 2.20. The molecular weight excluding hydrogens is 280 g/mol. The van der Waals surface area contributed by atoms with E-state index in [1.54, 1.807) is 0 Å². The Labute approximate surface area is 130 Å². The van der Waals surface area contributed by atoms with E-state index in [4.69, 9.17) is 0 Å². The number of imide groups is 1. The lowest BCUT2D eigenvalue weighted by molar-refractivity contribution is -0.118. The number of nitrogens with one attached hydrogen (secondary N) is 1. The van der Waals surface area contributed by atoms with E-state index in [2.05, 4.69) is 15.3 Å². The maximum atomic E-state index is 12.4. The van der Waals surface area contributed by atoms with Gasteiger partial charge >= 0.3 is 6.03 Å². The summed E-state index contributed by atoms with van der Waals surface area (Å²) in [6.45, 7) is 9.93. The van der Waals surface area contributed by atoms with Crippen LogP contribution in [0.4, 0.5) is 10.5 Å². The fourth-order valence-electron chi connectivity index (χ4n) is 2.11. The number of aromatic nitrogens is 2. The van der Waals surface area contributed by atoms with Crippen molar-refractivity contribution in [3.05, 3.63) is 29.9 Å². The van der Waals surface area contributed by atoms with Crippen molar-refractivity contribution >= 4 is 17.6 Å². The van der Waals surface area contributed by atoms with Gasteiger partial charge in [-0.15, -0.1) is 0 Å². The lowest BCUT2D eigenvalue weighted by Gasteiger charge is -2.17. The number of nitrogens with zero attached hydrogens (tertiary/aromatic N) is 3. The van der Waals surface area contributed by atoms with Gasteiger partial charge in [0.15, 0.2) is 0 Å². The quantitative estimate of drug-likeness (QED) is 0.688. The normalized spacial score (nSPS) is 18.4. The molecule has 0 radical (unpaired) electrons. The lowest BCUT2D eigenvalue weighted by atomic mass is 9.96. The average molecular weight is 302 g/mol. The third-order valence-corrected chi connectivity index (χ3v) is 3.35. The van der Waals surface area contributed by atoms with E-state index in [-0.39, 0.29) is 11.3 Å². The van der Waals surface area contributed by atoms with Gasteiger partial charge in [-0.3, -0.25) is 4.79 Å². The van der Waals surface area contributed by atoms with Gasteiger partial charge in [0.2, 0.25) is 0 Å². The summed E-state index contributed by atoms with van der Waals surface area (Å²) in [6, 6.07) is -0.950. The van der Waals surface area contributed by atoms with Crippen molar-refractivity contribution in [3.8, 4) is 0 Å². The topological polar surface area (TPSA) is 75.2 Å². The molecule has 0 saturated carbocycles. The van der Waals surface area contributed by atoms with Gasteiger partial charge < -0.3 is 5.32 Å². The number of rotatable bonds is 3. The summed E-state index contributed by atoms with van der Waals surface area (Å²) < 4.78 is 0. The SMILES string of the molecule is CC(C)=CCC1NC(=O)N(c2cnc(C(C)(C)C)nc2)C1=O. The van der Waals surface area contributed by atoms with Crippen LogP contribution in [-0.2, 0) is 10.2 Å². The van der Waals surface area contributed by atoms with Crippen molar-refractivity contribution in [3.63, 3.8) is 0 Å². The Bertz CT molecular complexity index is 610. The van der Waals surface area contributed by atoms with Crippen LogP contribution in [0.15, 0.2) is 24.0 Å². The third-order valence-electron chi connectivity index (χ3n) is 3.35. The lowest BCUT2D eigenvalue weighted by Crippen LogP contribution is -2.31. The van der Waals surface area contributed by atoms with E-state index in [9.17, 15) is 9.59 Å². The van der Waals surface area contributed by atoms with Crippen molar-refractivity contribution < 1.29 is 9.59 Å². The number of allylic oxidation sites excluding steroid dienone is 1. The molecule has 1 unspecified atom stereocenters. The Morgan fingerprint density at radius 1 is 1.27 bits per heavy atom. The molecule has 0 bridgehead atoms. The van der Waals surface area contributed by atoms with Crippen LogP contribution < -0.4 is 10.2 Å². The third kappa shape index (κ3) is 3.32. The predicted octanol–water partition coefficient (Wildman–Crippen LogP) is 2.56. The largest absolute Gasteiger partial charge is 0.329 e. The first kappa shape index (κ1) is 16.1. The molecule has 2 heterocycles. The van der Waals surface area contributed by atoms with E-state index >= 15 is 0 Å². The van der Waals surface area contributed by atoms with Gasteiger partial charge in [0.1, 0.15) is 11.9 Å². The smallest absolute Gasteiger partial charge is 0.325 e. The molecule has 2 rings (SSSR count). The molecule has 1 N–H and O–H groups in total. The Hall–Kier alpha value is -2.24. The summed E-state index contributed by atoms with van der Waals surface area (Å²) in [5, 5.41) is 2.69. The van der Waals surface area contributed by atoms with Gasteiger partial charge in [0, 0.05) is 5.41 Å². The second kappa shape index (κ2) is 5.87. The van der Waals surface area contributed by atoms with Gasteiger partial charge in [0.05, 0.1) is 18.1 Å². The van der Waals surface area contributed by atoms with E-state index in [0.717, 1.165) is 10.5 Å². The molecule has 6 heteroatoms. The summed E-state index contributed by atoms with van der Waals surface area (Å²) in [5.41, 5.74) is 1.33. The molecule has 1 saturated heterocycles. The molecule has 0 spiro atoms. The molecule has 22 heavy (non-hydrogen) atoms. The monoisotopic (exact) mass is 302 g/mol. The van der Waals surface area contributed by atoms with Crippen LogP contribution in [0.25, 0.3) is 0 Å². The molecule has 1 atom stereocenters. The molecule has 1 fully saturated rings. The fraction of sp³-hybridized carbons (Fsp3) is 0.500. The summed E-state index contributed by atoms with van der Waals surface area (Å²) in [6.07, 6.45) is 5.47. The van der Waals surface area contributed by atoms with Crippen LogP contribution in [0.5, 0.6) is 0 Å². The molecule has 0 aromatic carbocycles. The van der Waals surface area contributed by atoms with Crippen LogP contribution in [0.2, 0.25) is 0 Å². The molecule has 1 aromatic heterocycles. The summed E-state index contributed by atoms with van der Waals surface area (Å²) in [5.74, 6) is 0.402. The maximum Gasteiger partial charge on any atom is 0.329 e. The van der Waals surface area contributed by atoms with Crippen molar-refractivity contribution in [1.29, 1.82) is 0 Å². The van der Waals surface area contributed by atoms with E-state index in [1.807, 2.05) is 40.7 Å². The van der Waals surface area contributed by atoms with Crippen molar-refractivity contribution in [2.75, 3.05) is 4.90 Å². The highest BCUT2D eigenvalue weighted by atomic mass is 16.2. The number of urea groups is 1. The number of hydrogen-bond donors (Lipinski definition) is 1. The minimum atomic E-state index is -0.523. The first-order chi connectivity index (χ1) is 10.2. The fourth-order valence-corrected chi connectivity index (χ4v) is 2.11. The first-order valence-electron chi connectivity index (χ1n) is 7.30.